The topological polar surface area (TPSA) is 46.5 Å². The van der Waals surface area contributed by atoms with Gasteiger partial charge < -0.3 is 9.84 Å². The Kier molecular flexibility index (Phi) is 4.29. The van der Waals surface area contributed by atoms with Crippen LogP contribution >= 0.6 is 11.3 Å². The number of rotatable bonds is 6. The van der Waals surface area contributed by atoms with Crippen molar-refractivity contribution in [2.24, 2.45) is 0 Å². The summed E-state index contributed by atoms with van der Waals surface area (Å²) in [5.41, 5.74) is -1.04. The molecule has 0 aliphatic rings. The summed E-state index contributed by atoms with van der Waals surface area (Å²) in [5.74, 6) is -0.892. The van der Waals surface area contributed by atoms with Crippen LogP contribution in [0.15, 0.2) is 17.5 Å². The van der Waals surface area contributed by atoms with Crippen LogP contribution in [-0.4, -0.2) is 23.3 Å². The van der Waals surface area contributed by atoms with Gasteiger partial charge in [0.2, 0.25) is 0 Å². The molecule has 1 unspecified atom stereocenters. The van der Waals surface area contributed by atoms with Gasteiger partial charge >= 0.3 is 5.97 Å². The van der Waals surface area contributed by atoms with Gasteiger partial charge in [-0.3, -0.25) is 0 Å². The van der Waals surface area contributed by atoms with Gasteiger partial charge in [0.15, 0.2) is 5.60 Å². The first-order valence-corrected chi connectivity index (χ1v) is 5.86. The molecular weight excluding hydrogens is 212 g/mol. The molecule has 84 valence electrons. The lowest BCUT2D eigenvalue weighted by Gasteiger charge is -2.23. The van der Waals surface area contributed by atoms with Crippen molar-refractivity contribution in [1.82, 2.24) is 0 Å². The molecule has 0 radical (unpaired) electrons. The Morgan fingerprint density at radius 2 is 2.40 bits per heavy atom. The number of ether oxygens (including phenoxy) is 1. The maximum Gasteiger partial charge on any atom is 0.335 e. The minimum atomic E-state index is -1.04. The molecule has 1 aromatic heterocycles. The number of carboxylic acids is 1. The van der Waals surface area contributed by atoms with E-state index in [0.29, 0.717) is 13.0 Å². The molecule has 1 heterocycles. The van der Waals surface area contributed by atoms with E-state index in [0.717, 1.165) is 6.42 Å². The molecule has 1 rings (SSSR count). The van der Waals surface area contributed by atoms with Gasteiger partial charge in [-0.15, -0.1) is 11.3 Å². The minimum absolute atomic E-state index is 0.456. The highest BCUT2D eigenvalue weighted by molar-refractivity contribution is 7.09. The lowest BCUT2D eigenvalue weighted by atomic mass is 10.0. The van der Waals surface area contributed by atoms with Gasteiger partial charge in [0, 0.05) is 11.3 Å². The number of carboxylic acid groups (broad SMARTS) is 1. The second kappa shape index (κ2) is 5.28. The molecule has 4 heteroatoms. The lowest BCUT2D eigenvalue weighted by Crippen LogP contribution is -2.38. The van der Waals surface area contributed by atoms with Crippen molar-refractivity contribution in [3.63, 3.8) is 0 Å². The number of carbonyl (C=O) groups is 1. The van der Waals surface area contributed by atoms with E-state index in [2.05, 4.69) is 0 Å². The van der Waals surface area contributed by atoms with Gasteiger partial charge in [-0.2, -0.15) is 0 Å². The SMILES string of the molecule is CCC(C)(OCCc1cccs1)C(=O)O. The summed E-state index contributed by atoms with van der Waals surface area (Å²) in [4.78, 5) is 12.1. The molecule has 1 atom stereocenters. The molecule has 0 aromatic carbocycles. The van der Waals surface area contributed by atoms with Gasteiger partial charge in [0.05, 0.1) is 6.61 Å². The molecule has 0 fully saturated rings. The Morgan fingerprint density at radius 1 is 1.67 bits per heavy atom. The third kappa shape index (κ3) is 3.32. The van der Waals surface area contributed by atoms with Crippen LogP contribution in [0, 0.1) is 0 Å². The second-order valence-corrected chi connectivity index (χ2v) is 4.60. The first-order chi connectivity index (χ1) is 7.08. The molecule has 0 bridgehead atoms. The van der Waals surface area contributed by atoms with Gasteiger partial charge in [0.25, 0.3) is 0 Å². The highest BCUT2D eigenvalue weighted by Crippen LogP contribution is 2.17. The van der Waals surface area contributed by atoms with Crippen LogP contribution in [0.25, 0.3) is 0 Å². The zero-order valence-electron chi connectivity index (χ0n) is 9.03. The van der Waals surface area contributed by atoms with Crippen molar-refractivity contribution in [2.45, 2.75) is 32.3 Å². The van der Waals surface area contributed by atoms with E-state index in [-0.39, 0.29) is 0 Å². The smallest absolute Gasteiger partial charge is 0.335 e. The number of hydrogen-bond acceptors (Lipinski definition) is 3. The Bertz CT molecular complexity index is 308. The molecule has 0 aliphatic heterocycles. The first-order valence-electron chi connectivity index (χ1n) is 4.98. The molecule has 15 heavy (non-hydrogen) atoms. The fourth-order valence-electron chi connectivity index (χ4n) is 1.15. The number of aliphatic carboxylic acids is 1. The summed E-state index contributed by atoms with van der Waals surface area (Å²) < 4.78 is 5.42. The number of thiophene rings is 1. The van der Waals surface area contributed by atoms with Crippen molar-refractivity contribution < 1.29 is 14.6 Å². The van der Waals surface area contributed by atoms with Crippen molar-refractivity contribution in [3.05, 3.63) is 22.4 Å². The van der Waals surface area contributed by atoms with Gasteiger partial charge in [-0.05, 0) is 24.8 Å². The molecule has 0 spiro atoms. The first kappa shape index (κ1) is 12.2. The average molecular weight is 228 g/mol. The van der Waals surface area contributed by atoms with E-state index < -0.39 is 11.6 Å². The molecule has 0 saturated carbocycles. The molecule has 1 N–H and O–H groups in total. The minimum Gasteiger partial charge on any atom is -0.479 e. The van der Waals surface area contributed by atoms with E-state index in [1.54, 1.807) is 18.3 Å². The Hall–Kier alpha value is -0.870. The van der Waals surface area contributed by atoms with Gasteiger partial charge in [0.1, 0.15) is 0 Å². The predicted octanol–water partition coefficient (Wildman–Crippen LogP) is 2.56. The zero-order chi connectivity index (χ0) is 11.3. The summed E-state index contributed by atoms with van der Waals surface area (Å²) in [7, 11) is 0. The molecule has 3 nitrogen and oxygen atoms in total. The average Bonchev–Trinajstić information content (AvgIpc) is 2.70. The summed E-state index contributed by atoms with van der Waals surface area (Å²) in [6.07, 6.45) is 1.26. The predicted molar refractivity (Wildman–Crippen MR) is 60.3 cm³/mol. The monoisotopic (exact) mass is 228 g/mol. The Morgan fingerprint density at radius 3 is 2.87 bits per heavy atom. The van der Waals surface area contributed by atoms with E-state index in [1.807, 2.05) is 24.4 Å². The maximum absolute atomic E-state index is 10.9. The second-order valence-electron chi connectivity index (χ2n) is 3.57. The molecule has 0 aliphatic carbocycles. The normalized spacial score (nSPS) is 14.8. The van der Waals surface area contributed by atoms with Crippen molar-refractivity contribution in [2.75, 3.05) is 6.61 Å². The Balaban J connectivity index is 2.38. The van der Waals surface area contributed by atoms with Crippen LogP contribution in [0.2, 0.25) is 0 Å². The van der Waals surface area contributed by atoms with Gasteiger partial charge in [-0.25, -0.2) is 4.79 Å². The van der Waals surface area contributed by atoms with Crippen molar-refractivity contribution in [1.29, 1.82) is 0 Å². The highest BCUT2D eigenvalue weighted by Gasteiger charge is 2.31. The molecule has 0 saturated heterocycles. The fourth-order valence-corrected chi connectivity index (χ4v) is 1.84. The zero-order valence-corrected chi connectivity index (χ0v) is 9.84. The van der Waals surface area contributed by atoms with Crippen molar-refractivity contribution >= 4 is 17.3 Å². The molecular formula is C11H16O3S. The van der Waals surface area contributed by atoms with Crippen LogP contribution in [0.4, 0.5) is 0 Å². The Labute approximate surface area is 93.7 Å². The quantitative estimate of drug-likeness (QED) is 0.814. The van der Waals surface area contributed by atoms with E-state index >= 15 is 0 Å². The summed E-state index contributed by atoms with van der Waals surface area (Å²) in [5, 5.41) is 11.0. The lowest BCUT2D eigenvalue weighted by molar-refractivity contribution is -0.163. The van der Waals surface area contributed by atoms with Crippen LogP contribution in [-0.2, 0) is 16.0 Å². The van der Waals surface area contributed by atoms with Crippen LogP contribution in [0.1, 0.15) is 25.1 Å². The largest absolute Gasteiger partial charge is 0.479 e. The standard InChI is InChI=1S/C11H16O3S/c1-3-11(2,10(12)13)14-7-6-9-5-4-8-15-9/h4-5,8H,3,6-7H2,1-2H3,(H,12,13). The van der Waals surface area contributed by atoms with Crippen LogP contribution in [0.3, 0.4) is 0 Å². The maximum atomic E-state index is 10.9. The van der Waals surface area contributed by atoms with Crippen LogP contribution < -0.4 is 0 Å². The number of hydrogen-bond donors (Lipinski definition) is 1. The molecule has 0 amide bonds. The molecule has 1 aromatic rings. The summed E-state index contributed by atoms with van der Waals surface area (Å²) >= 11 is 1.66. The van der Waals surface area contributed by atoms with E-state index in [4.69, 9.17) is 9.84 Å². The van der Waals surface area contributed by atoms with Crippen LogP contribution in [0.5, 0.6) is 0 Å². The van der Waals surface area contributed by atoms with E-state index in [9.17, 15) is 4.79 Å². The summed E-state index contributed by atoms with van der Waals surface area (Å²) in [6, 6.07) is 4.01. The van der Waals surface area contributed by atoms with Gasteiger partial charge in [-0.1, -0.05) is 13.0 Å². The van der Waals surface area contributed by atoms with E-state index in [1.165, 1.54) is 4.88 Å². The third-order valence-electron chi connectivity index (χ3n) is 2.48. The third-order valence-corrected chi connectivity index (χ3v) is 3.41. The fraction of sp³-hybridized carbons (Fsp3) is 0.545. The van der Waals surface area contributed by atoms with Crippen molar-refractivity contribution in [3.8, 4) is 0 Å². The summed E-state index contributed by atoms with van der Waals surface area (Å²) in [6.45, 7) is 3.89. The highest BCUT2D eigenvalue weighted by atomic mass is 32.1.